The van der Waals surface area contributed by atoms with Crippen LogP contribution in [-0.4, -0.2) is 30.2 Å². The molecule has 7 nitrogen and oxygen atoms in total. The van der Waals surface area contributed by atoms with Gasteiger partial charge in [0, 0.05) is 11.8 Å². The summed E-state index contributed by atoms with van der Waals surface area (Å²) in [6, 6.07) is 14.9. The lowest BCUT2D eigenvalue weighted by Crippen LogP contribution is -2.23. The minimum atomic E-state index is -0.672. The summed E-state index contributed by atoms with van der Waals surface area (Å²) in [7, 11) is 0. The van der Waals surface area contributed by atoms with E-state index in [-0.39, 0.29) is 12.5 Å². The Kier molecular flexibility index (Phi) is 4.94. The van der Waals surface area contributed by atoms with Crippen LogP contribution in [0, 0.1) is 6.92 Å². The van der Waals surface area contributed by atoms with Gasteiger partial charge in [0.15, 0.2) is 13.2 Å². The van der Waals surface area contributed by atoms with Gasteiger partial charge >= 0.3 is 5.97 Å². The molecule has 7 heteroatoms. The molecule has 1 N–H and O–H groups in total. The van der Waals surface area contributed by atoms with Crippen molar-refractivity contribution in [1.82, 2.24) is 5.16 Å². The molecule has 128 valence electrons. The molecule has 2 aromatic carbocycles. The van der Waals surface area contributed by atoms with Crippen LogP contribution in [0.2, 0.25) is 0 Å². The summed E-state index contributed by atoms with van der Waals surface area (Å²) >= 11 is 0. The first-order valence-corrected chi connectivity index (χ1v) is 7.60. The minimum Gasteiger partial charge on any atom is -0.463 e. The van der Waals surface area contributed by atoms with Gasteiger partial charge in [-0.25, -0.2) is 4.79 Å². The maximum Gasteiger partial charge on any atom is 0.344 e. The fraction of sp³-hybridized carbons (Fsp3) is 0.167. The Hall–Kier alpha value is -3.35. The molecule has 0 aliphatic rings. The predicted octanol–water partition coefficient (Wildman–Crippen LogP) is 2.70. The van der Waals surface area contributed by atoms with Crippen LogP contribution in [-0.2, 0) is 14.3 Å². The zero-order valence-electron chi connectivity index (χ0n) is 13.5. The van der Waals surface area contributed by atoms with E-state index in [1.807, 2.05) is 36.4 Å². The number of aryl methyl sites for hydroxylation is 1. The van der Waals surface area contributed by atoms with E-state index in [0.717, 1.165) is 10.8 Å². The SMILES string of the molecule is Cc1cc(OCC(=O)OCC(=O)Nc2ccc3ccccc3c2)no1. The van der Waals surface area contributed by atoms with E-state index >= 15 is 0 Å². The van der Waals surface area contributed by atoms with Gasteiger partial charge in [0.05, 0.1) is 0 Å². The van der Waals surface area contributed by atoms with E-state index < -0.39 is 18.5 Å². The molecular formula is C18H16N2O5. The van der Waals surface area contributed by atoms with E-state index in [4.69, 9.17) is 14.0 Å². The molecule has 3 rings (SSSR count). The number of carbonyl (C=O) groups is 2. The number of amides is 1. The molecule has 0 aliphatic heterocycles. The van der Waals surface area contributed by atoms with Crippen molar-refractivity contribution in [3.05, 3.63) is 54.3 Å². The Morgan fingerprint density at radius 3 is 2.64 bits per heavy atom. The molecule has 0 saturated heterocycles. The molecule has 0 unspecified atom stereocenters. The Balaban J connectivity index is 1.45. The number of ether oxygens (including phenoxy) is 2. The standard InChI is InChI=1S/C18H16N2O5/c1-12-8-17(20-25-12)23-11-18(22)24-10-16(21)19-15-7-6-13-4-2-3-5-14(13)9-15/h2-9H,10-11H2,1H3,(H,19,21). The summed E-state index contributed by atoms with van der Waals surface area (Å²) in [5.41, 5.74) is 0.633. The molecule has 0 fully saturated rings. The molecule has 0 aliphatic carbocycles. The van der Waals surface area contributed by atoms with Gasteiger partial charge in [-0.05, 0) is 35.0 Å². The van der Waals surface area contributed by atoms with Crippen molar-refractivity contribution < 1.29 is 23.6 Å². The van der Waals surface area contributed by atoms with Crippen LogP contribution in [0.3, 0.4) is 0 Å². The molecule has 0 bridgehead atoms. The lowest BCUT2D eigenvalue weighted by Gasteiger charge is -2.07. The normalized spacial score (nSPS) is 10.4. The van der Waals surface area contributed by atoms with Gasteiger partial charge in [-0.15, -0.1) is 0 Å². The number of hydrogen-bond donors (Lipinski definition) is 1. The van der Waals surface area contributed by atoms with Gasteiger partial charge in [0.2, 0.25) is 0 Å². The number of rotatable bonds is 6. The summed E-state index contributed by atoms with van der Waals surface area (Å²) in [5, 5.41) is 8.35. The number of hydrogen-bond acceptors (Lipinski definition) is 6. The second-order valence-corrected chi connectivity index (χ2v) is 5.34. The van der Waals surface area contributed by atoms with Gasteiger partial charge in [-0.3, -0.25) is 4.79 Å². The van der Waals surface area contributed by atoms with E-state index in [0.29, 0.717) is 11.4 Å². The molecule has 0 radical (unpaired) electrons. The molecule has 0 spiro atoms. The molecular weight excluding hydrogens is 324 g/mol. The number of benzene rings is 2. The maximum atomic E-state index is 11.9. The largest absolute Gasteiger partial charge is 0.463 e. The molecule has 1 heterocycles. The molecule has 0 atom stereocenters. The topological polar surface area (TPSA) is 90.7 Å². The highest BCUT2D eigenvalue weighted by Crippen LogP contribution is 2.18. The smallest absolute Gasteiger partial charge is 0.344 e. The third-order valence-electron chi connectivity index (χ3n) is 3.34. The van der Waals surface area contributed by atoms with Gasteiger partial charge in [0.25, 0.3) is 11.8 Å². The van der Waals surface area contributed by atoms with Crippen molar-refractivity contribution in [3.63, 3.8) is 0 Å². The quantitative estimate of drug-likeness (QED) is 0.694. The second-order valence-electron chi connectivity index (χ2n) is 5.34. The van der Waals surface area contributed by atoms with E-state index in [9.17, 15) is 9.59 Å². The predicted molar refractivity (Wildman–Crippen MR) is 90.3 cm³/mol. The van der Waals surface area contributed by atoms with Crippen molar-refractivity contribution >= 4 is 28.3 Å². The van der Waals surface area contributed by atoms with E-state index in [1.165, 1.54) is 0 Å². The third kappa shape index (κ3) is 4.57. The Morgan fingerprint density at radius 2 is 1.88 bits per heavy atom. The molecule has 25 heavy (non-hydrogen) atoms. The number of nitrogens with one attached hydrogen (secondary N) is 1. The highest BCUT2D eigenvalue weighted by Gasteiger charge is 2.10. The summed E-state index contributed by atoms with van der Waals surface area (Å²) in [5.74, 6) is -0.344. The summed E-state index contributed by atoms with van der Waals surface area (Å²) < 4.78 is 14.7. The molecule has 3 aromatic rings. The molecule has 1 amide bonds. The molecule has 1 aromatic heterocycles. The van der Waals surface area contributed by atoms with Crippen LogP contribution in [0.5, 0.6) is 5.88 Å². The Bertz CT molecular complexity index is 903. The lowest BCUT2D eigenvalue weighted by molar-refractivity contribution is -0.149. The maximum absolute atomic E-state index is 11.9. The van der Waals surface area contributed by atoms with Gasteiger partial charge < -0.3 is 19.3 Å². The van der Waals surface area contributed by atoms with E-state index in [2.05, 4.69) is 10.5 Å². The number of aromatic nitrogens is 1. The average molecular weight is 340 g/mol. The van der Waals surface area contributed by atoms with Gasteiger partial charge in [-0.1, -0.05) is 30.3 Å². The van der Waals surface area contributed by atoms with Crippen LogP contribution in [0.15, 0.2) is 53.1 Å². The van der Waals surface area contributed by atoms with Gasteiger partial charge in [0.1, 0.15) is 5.76 Å². The number of carbonyl (C=O) groups excluding carboxylic acids is 2. The molecule has 0 saturated carbocycles. The monoisotopic (exact) mass is 340 g/mol. The third-order valence-corrected chi connectivity index (χ3v) is 3.34. The first kappa shape index (κ1) is 16.5. The number of esters is 1. The summed E-state index contributed by atoms with van der Waals surface area (Å²) in [6.07, 6.45) is 0. The van der Waals surface area contributed by atoms with Crippen molar-refractivity contribution in [1.29, 1.82) is 0 Å². The fourth-order valence-corrected chi connectivity index (χ4v) is 2.20. The van der Waals surface area contributed by atoms with Crippen LogP contribution < -0.4 is 10.1 Å². The van der Waals surface area contributed by atoms with Crippen molar-refractivity contribution in [2.75, 3.05) is 18.5 Å². The van der Waals surface area contributed by atoms with Crippen molar-refractivity contribution in [2.24, 2.45) is 0 Å². The summed E-state index contributed by atoms with van der Waals surface area (Å²) in [6.45, 7) is 0.956. The number of nitrogens with zero attached hydrogens (tertiary/aromatic N) is 1. The summed E-state index contributed by atoms with van der Waals surface area (Å²) in [4.78, 5) is 23.4. The van der Waals surface area contributed by atoms with Crippen molar-refractivity contribution in [3.8, 4) is 5.88 Å². The number of anilines is 1. The Labute approximate surface area is 143 Å². The fourth-order valence-electron chi connectivity index (χ4n) is 2.20. The highest BCUT2D eigenvalue weighted by atomic mass is 16.6. The number of fused-ring (bicyclic) bond motifs is 1. The van der Waals surface area contributed by atoms with Crippen molar-refractivity contribution in [2.45, 2.75) is 6.92 Å². The zero-order valence-corrected chi connectivity index (χ0v) is 13.5. The first-order valence-electron chi connectivity index (χ1n) is 7.60. The van der Waals surface area contributed by atoms with Gasteiger partial charge in [-0.2, -0.15) is 0 Å². The van der Waals surface area contributed by atoms with Crippen LogP contribution in [0.25, 0.3) is 10.8 Å². The first-order chi connectivity index (χ1) is 12.1. The van der Waals surface area contributed by atoms with Crippen LogP contribution in [0.1, 0.15) is 5.76 Å². The average Bonchev–Trinajstić information content (AvgIpc) is 3.03. The van der Waals surface area contributed by atoms with Crippen LogP contribution >= 0.6 is 0 Å². The second kappa shape index (κ2) is 7.48. The highest BCUT2D eigenvalue weighted by molar-refractivity contribution is 5.95. The van der Waals surface area contributed by atoms with E-state index in [1.54, 1.807) is 19.1 Å². The lowest BCUT2D eigenvalue weighted by atomic mass is 10.1. The minimum absolute atomic E-state index is 0.190. The Morgan fingerprint density at radius 1 is 1.08 bits per heavy atom. The van der Waals surface area contributed by atoms with Crippen LogP contribution in [0.4, 0.5) is 5.69 Å². The zero-order chi connectivity index (χ0) is 17.6.